The highest BCUT2D eigenvalue weighted by Gasteiger charge is 2.38. The quantitative estimate of drug-likeness (QED) is 0.920. The molecule has 110 valence electrons. The molecule has 3 rings (SSSR count). The van der Waals surface area contributed by atoms with Crippen LogP contribution in [0.4, 0.5) is 8.78 Å². The number of likely N-dealkylation sites (tertiary alicyclic amines) is 1. The molecule has 1 saturated heterocycles. The molecule has 20 heavy (non-hydrogen) atoms. The smallest absolute Gasteiger partial charge is 0.126 e. The predicted molar refractivity (Wildman–Crippen MR) is 73.1 cm³/mol. The number of aliphatic hydroxyl groups excluding tert-OH is 1. The van der Waals surface area contributed by atoms with Gasteiger partial charge in [0.05, 0.1) is 6.10 Å². The number of benzene rings is 1. The van der Waals surface area contributed by atoms with Gasteiger partial charge in [0.2, 0.25) is 0 Å². The number of aliphatic hydroxyl groups is 1. The van der Waals surface area contributed by atoms with E-state index in [4.69, 9.17) is 0 Å². The molecule has 0 bridgehead atoms. The Balaban J connectivity index is 1.72. The monoisotopic (exact) mass is 281 g/mol. The van der Waals surface area contributed by atoms with Crippen LogP contribution in [0.25, 0.3) is 0 Å². The number of nitrogens with zero attached hydrogens (tertiary/aromatic N) is 1. The van der Waals surface area contributed by atoms with Gasteiger partial charge in [-0.05, 0) is 49.9 Å². The molecule has 1 aliphatic heterocycles. The van der Waals surface area contributed by atoms with E-state index in [2.05, 4.69) is 4.90 Å². The Morgan fingerprint density at radius 2 is 1.80 bits per heavy atom. The van der Waals surface area contributed by atoms with Gasteiger partial charge in [0.15, 0.2) is 0 Å². The van der Waals surface area contributed by atoms with Crippen LogP contribution in [0.2, 0.25) is 0 Å². The van der Waals surface area contributed by atoms with Gasteiger partial charge in [0.25, 0.3) is 0 Å². The standard InChI is InChI=1S/C16H21F2NO/c17-12-7-11(8-13(18)9-12)10-19-6-2-4-15(19)14-3-1-5-16(14)20/h7-9,14-16,20H,1-6,10H2. The lowest BCUT2D eigenvalue weighted by atomic mass is 9.94. The van der Waals surface area contributed by atoms with Crippen LogP contribution in [-0.2, 0) is 6.54 Å². The maximum atomic E-state index is 13.3. The zero-order chi connectivity index (χ0) is 14.1. The van der Waals surface area contributed by atoms with Gasteiger partial charge in [-0.3, -0.25) is 4.90 Å². The third-order valence-corrected chi connectivity index (χ3v) is 4.75. The fourth-order valence-corrected chi connectivity index (χ4v) is 3.89. The minimum atomic E-state index is -0.517. The van der Waals surface area contributed by atoms with Crippen molar-refractivity contribution in [3.8, 4) is 0 Å². The highest BCUT2D eigenvalue weighted by atomic mass is 19.1. The molecule has 2 nitrogen and oxygen atoms in total. The van der Waals surface area contributed by atoms with Crippen LogP contribution in [0.3, 0.4) is 0 Å². The summed E-state index contributed by atoms with van der Waals surface area (Å²) in [5, 5.41) is 10.1. The second kappa shape index (κ2) is 5.78. The molecule has 2 aliphatic rings. The van der Waals surface area contributed by atoms with Gasteiger partial charge in [-0.2, -0.15) is 0 Å². The zero-order valence-corrected chi connectivity index (χ0v) is 11.6. The Hall–Kier alpha value is -1.00. The molecular formula is C16H21F2NO. The summed E-state index contributed by atoms with van der Waals surface area (Å²) in [6.07, 6.45) is 5.03. The largest absolute Gasteiger partial charge is 0.393 e. The molecule has 1 aliphatic carbocycles. The first-order chi connectivity index (χ1) is 9.63. The van der Waals surface area contributed by atoms with E-state index >= 15 is 0 Å². The summed E-state index contributed by atoms with van der Waals surface area (Å²) in [5.74, 6) is -0.704. The lowest BCUT2D eigenvalue weighted by molar-refractivity contribution is 0.0718. The van der Waals surface area contributed by atoms with Crippen LogP contribution in [0, 0.1) is 17.6 Å². The average Bonchev–Trinajstić information content (AvgIpc) is 2.96. The molecule has 0 amide bonds. The van der Waals surface area contributed by atoms with Gasteiger partial charge < -0.3 is 5.11 Å². The summed E-state index contributed by atoms with van der Waals surface area (Å²) in [4.78, 5) is 2.29. The molecule has 1 aromatic rings. The molecule has 1 saturated carbocycles. The Morgan fingerprint density at radius 1 is 1.05 bits per heavy atom. The van der Waals surface area contributed by atoms with Crippen molar-refractivity contribution in [2.75, 3.05) is 6.54 Å². The number of hydrogen-bond acceptors (Lipinski definition) is 2. The molecule has 3 unspecified atom stereocenters. The predicted octanol–water partition coefficient (Wildman–Crippen LogP) is 3.09. The number of hydrogen-bond donors (Lipinski definition) is 1. The minimum Gasteiger partial charge on any atom is -0.393 e. The fourth-order valence-electron chi connectivity index (χ4n) is 3.89. The van der Waals surface area contributed by atoms with Crippen molar-refractivity contribution in [3.05, 3.63) is 35.4 Å². The summed E-state index contributed by atoms with van der Waals surface area (Å²) >= 11 is 0. The Morgan fingerprint density at radius 3 is 2.45 bits per heavy atom. The first kappa shape index (κ1) is 14.0. The molecule has 0 aromatic heterocycles. The van der Waals surface area contributed by atoms with Gasteiger partial charge in [-0.1, -0.05) is 6.42 Å². The van der Waals surface area contributed by atoms with Crippen LogP contribution >= 0.6 is 0 Å². The van der Waals surface area contributed by atoms with Crippen LogP contribution in [0.15, 0.2) is 18.2 Å². The van der Waals surface area contributed by atoms with E-state index in [1.165, 1.54) is 12.1 Å². The molecule has 0 radical (unpaired) electrons. The Bertz CT molecular complexity index is 459. The van der Waals surface area contributed by atoms with E-state index in [0.717, 1.165) is 44.7 Å². The maximum Gasteiger partial charge on any atom is 0.126 e. The highest BCUT2D eigenvalue weighted by molar-refractivity contribution is 5.18. The van der Waals surface area contributed by atoms with E-state index < -0.39 is 11.6 Å². The van der Waals surface area contributed by atoms with Crippen molar-refractivity contribution >= 4 is 0 Å². The average molecular weight is 281 g/mol. The molecule has 4 heteroatoms. The van der Waals surface area contributed by atoms with Gasteiger partial charge >= 0.3 is 0 Å². The third kappa shape index (κ3) is 2.86. The molecule has 2 fully saturated rings. The lowest BCUT2D eigenvalue weighted by Crippen LogP contribution is -2.38. The van der Waals surface area contributed by atoms with Gasteiger partial charge in [-0.25, -0.2) is 8.78 Å². The van der Waals surface area contributed by atoms with E-state index in [-0.39, 0.29) is 6.10 Å². The van der Waals surface area contributed by atoms with Gasteiger partial charge in [0, 0.05) is 24.6 Å². The second-order valence-corrected chi connectivity index (χ2v) is 6.12. The third-order valence-electron chi connectivity index (χ3n) is 4.75. The highest BCUT2D eigenvalue weighted by Crippen LogP contribution is 2.36. The molecule has 1 N–H and O–H groups in total. The number of rotatable bonds is 3. The second-order valence-electron chi connectivity index (χ2n) is 6.12. The van der Waals surface area contributed by atoms with Crippen LogP contribution in [0.1, 0.15) is 37.7 Å². The van der Waals surface area contributed by atoms with E-state index in [0.29, 0.717) is 24.1 Å². The van der Waals surface area contributed by atoms with Crippen molar-refractivity contribution in [3.63, 3.8) is 0 Å². The fraction of sp³-hybridized carbons (Fsp3) is 0.625. The molecule has 3 atom stereocenters. The first-order valence-electron chi connectivity index (χ1n) is 7.50. The van der Waals surface area contributed by atoms with Crippen molar-refractivity contribution in [1.29, 1.82) is 0 Å². The van der Waals surface area contributed by atoms with Crippen molar-refractivity contribution in [2.24, 2.45) is 5.92 Å². The lowest BCUT2D eigenvalue weighted by Gasteiger charge is -2.31. The summed E-state index contributed by atoms with van der Waals surface area (Å²) < 4.78 is 26.5. The van der Waals surface area contributed by atoms with Crippen LogP contribution in [-0.4, -0.2) is 28.7 Å². The first-order valence-corrected chi connectivity index (χ1v) is 7.50. The summed E-state index contributed by atoms with van der Waals surface area (Å²) in [6, 6.07) is 4.08. The molecular weight excluding hydrogens is 260 g/mol. The summed E-state index contributed by atoms with van der Waals surface area (Å²) in [6.45, 7) is 1.52. The molecule has 0 spiro atoms. The summed E-state index contributed by atoms with van der Waals surface area (Å²) in [7, 11) is 0. The van der Waals surface area contributed by atoms with Crippen molar-refractivity contribution in [2.45, 2.75) is 50.8 Å². The van der Waals surface area contributed by atoms with E-state index in [1.807, 2.05) is 0 Å². The minimum absolute atomic E-state index is 0.204. The van der Waals surface area contributed by atoms with Gasteiger partial charge in [0.1, 0.15) is 11.6 Å². The van der Waals surface area contributed by atoms with E-state index in [9.17, 15) is 13.9 Å². The van der Waals surface area contributed by atoms with E-state index in [1.54, 1.807) is 0 Å². The topological polar surface area (TPSA) is 23.5 Å². The van der Waals surface area contributed by atoms with Crippen molar-refractivity contribution in [1.82, 2.24) is 4.90 Å². The van der Waals surface area contributed by atoms with Crippen LogP contribution < -0.4 is 0 Å². The SMILES string of the molecule is OC1CCCC1C1CCCN1Cc1cc(F)cc(F)c1. The summed E-state index contributed by atoms with van der Waals surface area (Å²) in [5.41, 5.74) is 0.682. The van der Waals surface area contributed by atoms with Crippen molar-refractivity contribution < 1.29 is 13.9 Å². The van der Waals surface area contributed by atoms with Gasteiger partial charge in [-0.15, -0.1) is 0 Å². The Labute approximate surface area is 118 Å². The normalized spacial score (nSPS) is 31.1. The maximum absolute atomic E-state index is 13.3. The number of halogens is 2. The molecule has 1 heterocycles. The zero-order valence-electron chi connectivity index (χ0n) is 11.6. The van der Waals surface area contributed by atoms with Crippen LogP contribution in [0.5, 0.6) is 0 Å². The molecule has 1 aromatic carbocycles. The Kier molecular flexibility index (Phi) is 4.03.